The van der Waals surface area contributed by atoms with Gasteiger partial charge in [-0.2, -0.15) is 0 Å². The van der Waals surface area contributed by atoms with Crippen molar-refractivity contribution in [3.63, 3.8) is 0 Å². The molecular weight excluding hydrogens is 269 g/mol. The van der Waals surface area contributed by atoms with E-state index < -0.39 is 5.82 Å². The Morgan fingerprint density at radius 1 is 1.38 bits per heavy atom. The first-order valence-corrected chi connectivity index (χ1v) is 7.78. The molecule has 0 saturated heterocycles. The molecule has 21 heavy (non-hydrogen) atoms. The maximum absolute atomic E-state index is 13.4. The summed E-state index contributed by atoms with van der Waals surface area (Å²) < 4.78 is 13.4. The summed E-state index contributed by atoms with van der Waals surface area (Å²) in [7, 11) is 0. The molecule has 1 fully saturated rings. The molecule has 1 saturated carbocycles. The number of carbonyl (C=O) groups is 1. The molecule has 1 aliphatic rings. The molecule has 0 bridgehead atoms. The van der Waals surface area contributed by atoms with Gasteiger partial charge in [-0.1, -0.05) is 26.7 Å². The number of nitrogens with zero attached hydrogens (tertiary/aromatic N) is 1. The van der Waals surface area contributed by atoms with Gasteiger partial charge in [0.05, 0.1) is 5.56 Å². The number of hydrogen-bond acceptors (Lipinski definition) is 2. The van der Waals surface area contributed by atoms with Crippen LogP contribution in [-0.4, -0.2) is 28.5 Å². The van der Waals surface area contributed by atoms with Gasteiger partial charge in [0.15, 0.2) is 0 Å². The summed E-state index contributed by atoms with van der Waals surface area (Å²) in [6, 6.07) is 3.77. The molecule has 0 heterocycles. The first-order valence-electron chi connectivity index (χ1n) is 7.78. The molecule has 1 N–H and O–H groups in total. The van der Waals surface area contributed by atoms with E-state index in [9.17, 15) is 14.3 Å². The predicted molar refractivity (Wildman–Crippen MR) is 80.8 cm³/mol. The van der Waals surface area contributed by atoms with E-state index in [2.05, 4.69) is 13.8 Å². The first-order chi connectivity index (χ1) is 9.99. The lowest BCUT2D eigenvalue weighted by molar-refractivity contribution is 0.0668. The number of hydrogen-bond donors (Lipinski definition) is 1. The largest absolute Gasteiger partial charge is 0.507 e. The molecule has 1 aromatic rings. The monoisotopic (exact) mass is 293 g/mol. The van der Waals surface area contributed by atoms with Crippen LogP contribution in [0.5, 0.6) is 5.75 Å². The standard InChI is InChI=1S/C17H24FNO2/c1-12(2)9-10-19(14-5-3-4-6-14)17(21)15-11-13(18)7-8-16(15)20/h7-8,11-12,14,20H,3-6,9-10H2,1-2H3. The van der Waals surface area contributed by atoms with Crippen LogP contribution in [-0.2, 0) is 0 Å². The number of phenolic OH excluding ortho intramolecular Hbond substituents is 1. The van der Waals surface area contributed by atoms with Crippen LogP contribution in [0.1, 0.15) is 56.3 Å². The van der Waals surface area contributed by atoms with Crippen molar-refractivity contribution in [3.8, 4) is 5.75 Å². The van der Waals surface area contributed by atoms with Crippen LogP contribution in [0.15, 0.2) is 18.2 Å². The predicted octanol–water partition coefficient (Wildman–Crippen LogP) is 3.96. The summed E-state index contributed by atoms with van der Waals surface area (Å²) in [6.45, 7) is 4.91. The Hall–Kier alpha value is -1.58. The zero-order chi connectivity index (χ0) is 15.4. The van der Waals surface area contributed by atoms with Crippen LogP contribution < -0.4 is 0 Å². The number of carbonyl (C=O) groups excluding carboxylic acids is 1. The van der Waals surface area contributed by atoms with Crippen molar-refractivity contribution < 1.29 is 14.3 Å². The molecule has 0 atom stereocenters. The van der Waals surface area contributed by atoms with E-state index in [1.54, 1.807) is 0 Å². The highest BCUT2D eigenvalue weighted by Crippen LogP contribution is 2.28. The van der Waals surface area contributed by atoms with Gasteiger partial charge in [0.25, 0.3) is 5.91 Å². The van der Waals surface area contributed by atoms with Gasteiger partial charge in [-0.15, -0.1) is 0 Å². The van der Waals surface area contributed by atoms with Crippen LogP contribution >= 0.6 is 0 Å². The Kier molecular flexibility index (Phi) is 5.21. The fourth-order valence-corrected chi connectivity index (χ4v) is 2.90. The van der Waals surface area contributed by atoms with Gasteiger partial charge in [-0.3, -0.25) is 4.79 Å². The number of phenols is 1. The molecule has 0 spiro atoms. The van der Waals surface area contributed by atoms with Gasteiger partial charge in [-0.25, -0.2) is 4.39 Å². The lowest BCUT2D eigenvalue weighted by Crippen LogP contribution is -2.40. The normalized spacial score (nSPS) is 15.6. The molecular formula is C17H24FNO2. The topological polar surface area (TPSA) is 40.5 Å². The van der Waals surface area contributed by atoms with E-state index in [4.69, 9.17) is 0 Å². The van der Waals surface area contributed by atoms with Crippen molar-refractivity contribution >= 4 is 5.91 Å². The second kappa shape index (κ2) is 6.92. The van der Waals surface area contributed by atoms with Crippen molar-refractivity contribution in [3.05, 3.63) is 29.6 Å². The van der Waals surface area contributed by atoms with E-state index in [0.717, 1.165) is 38.2 Å². The Bertz CT molecular complexity index is 496. The molecule has 0 aromatic heterocycles. The summed E-state index contributed by atoms with van der Waals surface area (Å²) in [4.78, 5) is 14.6. The molecule has 3 nitrogen and oxygen atoms in total. The highest BCUT2D eigenvalue weighted by Gasteiger charge is 2.28. The van der Waals surface area contributed by atoms with Crippen molar-refractivity contribution in [2.45, 2.75) is 52.0 Å². The van der Waals surface area contributed by atoms with Crippen molar-refractivity contribution in [1.82, 2.24) is 4.90 Å². The molecule has 0 radical (unpaired) electrons. The lowest BCUT2D eigenvalue weighted by atomic mass is 10.1. The minimum Gasteiger partial charge on any atom is -0.507 e. The minimum atomic E-state index is -0.494. The summed E-state index contributed by atoms with van der Waals surface area (Å²) in [5.41, 5.74) is 0.0747. The minimum absolute atomic E-state index is 0.0747. The molecule has 1 amide bonds. The zero-order valence-electron chi connectivity index (χ0n) is 12.8. The Labute approximate surface area is 125 Å². The summed E-state index contributed by atoms with van der Waals surface area (Å²) in [5.74, 6) is -0.386. The Morgan fingerprint density at radius 2 is 2.05 bits per heavy atom. The molecule has 0 unspecified atom stereocenters. The van der Waals surface area contributed by atoms with Crippen LogP contribution in [0, 0.1) is 11.7 Å². The van der Waals surface area contributed by atoms with Crippen molar-refractivity contribution in [2.75, 3.05) is 6.54 Å². The second-order valence-electron chi connectivity index (χ2n) is 6.28. The summed E-state index contributed by atoms with van der Waals surface area (Å²) >= 11 is 0. The van der Waals surface area contributed by atoms with Gasteiger partial charge in [0, 0.05) is 12.6 Å². The summed E-state index contributed by atoms with van der Waals surface area (Å²) in [5, 5.41) is 9.86. The number of amides is 1. The molecule has 1 aromatic carbocycles. The lowest BCUT2D eigenvalue weighted by Gasteiger charge is -2.30. The quantitative estimate of drug-likeness (QED) is 0.892. The van der Waals surface area contributed by atoms with Crippen LogP contribution in [0.25, 0.3) is 0 Å². The zero-order valence-corrected chi connectivity index (χ0v) is 12.8. The molecule has 0 aliphatic heterocycles. The van der Waals surface area contributed by atoms with Crippen LogP contribution in [0.2, 0.25) is 0 Å². The Balaban J connectivity index is 2.21. The molecule has 116 valence electrons. The maximum Gasteiger partial charge on any atom is 0.257 e. The van der Waals surface area contributed by atoms with E-state index in [1.807, 2.05) is 4.90 Å². The third-order valence-electron chi connectivity index (χ3n) is 4.16. The highest BCUT2D eigenvalue weighted by molar-refractivity contribution is 5.97. The van der Waals surface area contributed by atoms with Crippen molar-refractivity contribution in [1.29, 1.82) is 0 Å². The number of halogens is 1. The fourth-order valence-electron chi connectivity index (χ4n) is 2.90. The smallest absolute Gasteiger partial charge is 0.257 e. The molecule has 4 heteroatoms. The van der Waals surface area contributed by atoms with Crippen molar-refractivity contribution in [2.24, 2.45) is 5.92 Å². The van der Waals surface area contributed by atoms with Crippen LogP contribution in [0.4, 0.5) is 4.39 Å². The molecule has 1 aliphatic carbocycles. The number of aromatic hydroxyl groups is 1. The van der Waals surface area contributed by atoms with Crippen LogP contribution in [0.3, 0.4) is 0 Å². The van der Waals surface area contributed by atoms with Gasteiger partial charge in [-0.05, 0) is 43.4 Å². The number of rotatable bonds is 5. The van der Waals surface area contributed by atoms with Gasteiger partial charge >= 0.3 is 0 Å². The third kappa shape index (κ3) is 3.96. The Morgan fingerprint density at radius 3 is 2.67 bits per heavy atom. The second-order valence-corrected chi connectivity index (χ2v) is 6.28. The van der Waals surface area contributed by atoms with Gasteiger partial charge in [0.1, 0.15) is 11.6 Å². The first kappa shape index (κ1) is 15.8. The highest BCUT2D eigenvalue weighted by atomic mass is 19.1. The van der Waals surface area contributed by atoms with E-state index in [0.29, 0.717) is 12.5 Å². The van der Waals surface area contributed by atoms with Gasteiger partial charge < -0.3 is 10.0 Å². The van der Waals surface area contributed by atoms with E-state index >= 15 is 0 Å². The fraction of sp³-hybridized carbons (Fsp3) is 0.588. The number of benzene rings is 1. The average Bonchev–Trinajstić information content (AvgIpc) is 2.95. The average molecular weight is 293 g/mol. The van der Waals surface area contributed by atoms with E-state index in [1.165, 1.54) is 12.1 Å². The SMILES string of the molecule is CC(C)CCN(C(=O)c1cc(F)ccc1O)C1CCCC1. The van der Waals surface area contributed by atoms with E-state index in [-0.39, 0.29) is 23.3 Å². The molecule has 2 rings (SSSR count). The summed E-state index contributed by atoms with van der Waals surface area (Å²) in [6.07, 6.45) is 5.18. The maximum atomic E-state index is 13.4. The third-order valence-corrected chi connectivity index (χ3v) is 4.16. The van der Waals surface area contributed by atoms with Gasteiger partial charge in [0.2, 0.25) is 0 Å².